The van der Waals surface area contributed by atoms with Crippen molar-refractivity contribution in [3.63, 3.8) is 0 Å². The fourth-order valence-electron chi connectivity index (χ4n) is 3.72. The van der Waals surface area contributed by atoms with Crippen molar-refractivity contribution in [2.75, 3.05) is 20.2 Å². The fourth-order valence-corrected chi connectivity index (χ4v) is 3.72. The second kappa shape index (κ2) is 8.69. The van der Waals surface area contributed by atoms with E-state index in [-0.39, 0.29) is 36.1 Å². The van der Waals surface area contributed by atoms with Crippen LogP contribution >= 0.6 is 0 Å². The number of amides is 2. The minimum Gasteiger partial charge on any atom is -0.497 e. The molecule has 0 saturated heterocycles. The van der Waals surface area contributed by atoms with Crippen molar-refractivity contribution in [3.05, 3.63) is 77.6 Å². The van der Waals surface area contributed by atoms with E-state index < -0.39 is 0 Å². The van der Waals surface area contributed by atoms with E-state index in [4.69, 9.17) is 4.74 Å². The lowest BCUT2D eigenvalue weighted by molar-refractivity contribution is -0.142. The maximum Gasteiger partial charge on any atom is 0.243 e. The normalized spacial score (nSPS) is 20.5. The van der Waals surface area contributed by atoms with Crippen LogP contribution in [0.2, 0.25) is 0 Å². The molecule has 0 N–H and O–H groups in total. The summed E-state index contributed by atoms with van der Waals surface area (Å²) in [7, 11) is 1.61. The van der Waals surface area contributed by atoms with Gasteiger partial charge in [0.1, 0.15) is 18.1 Å². The molecular weight excluding hydrogens is 383 g/mol. The van der Waals surface area contributed by atoms with E-state index in [2.05, 4.69) is 0 Å². The highest BCUT2D eigenvalue weighted by molar-refractivity contribution is 5.87. The van der Waals surface area contributed by atoms with E-state index in [1.165, 1.54) is 12.1 Å². The van der Waals surface area contributed by atoms with Crippen LogP contribution in [0.25, 0.3) is 0 Å². The van der Waals surface area contributed by atoms with Gasteiger partial charge in [-0.05, 0) is 48.2 Å². The largest absolute Gasteiger partial charge is 0.497 e. The number of hydrogen-bond acceptors (Lipinski definition) is 3. The molecule has 1 aliphatic heterocycles. The van der Waals surface area contributed by atoms with Crippen LogP contribution in [0.3, 0.4) is 0 Å². The molecule has 2 amide bonds. The number of carbonyl (C=O) groups excluding carboxylic acids is 2. The van der Waals surface area contributed by atoms with E-state index in [0.717, 1.165) is 29.7 Å². The number of methoxy groups -OCH3 is 1. The molecule has 1 fully saturated rings. The minimum atomic E-state index is -0.314. The summed E-state index contributed by atoms with van der Waals surface area (Å²) < 4.78 is 18.6. The molecule has 2 aliphatic rings. The van der Waals surface area contributed by atoms with Crippen LogP contribution in [-0.2, 0) is 16.1 Å². The van der Waals surface area contributed by atoms with Gasteiger partial charge in [0.2, 0.25) is 11.8 Å². The van der Waals surface area contributed by atoms with Gasteiger partial charge in [0.25, 0.3) is 0 Å². The summed E-state index contributed by atoms with van der Waals surface area (Å²) in [5.74, 6) is 0.418. The first-order chi connectivity index (χ1) is 14.5. The lowest BCUT2D eigenvalue weighted by Gasteiger charge is -2.34. The monoisotopic (exact) mass is 408 g/mol. The summed E-state index contributed by atoms with van der Waals surface area (Å²) in [6.45, 7) is 0.803. The van der Waals surface area contributed by atoms with Crippen molar-refractivity contribution in [3.8, 4) is 5.75 Å². The van der Waals surface area contributed by atoms with Gasteiger partial charge in [-0.15, -0.1) is 0 Å². The van der Waals surface area contributed by atoms with Crippen LogP contribution < -0.4 is 4.74 Å². The first kappa shape index (κ1) is 20.1. The molecular formula is C24H25FN2O3. The smallest absolute Gasteiger partial charge is 0.243 e. The predicted octanol–water partition coefficient (Wildman–Crippen LogP) is 3.71. The number of halogens is 1. The van der Waals surface area contributed by atoms with Gasteiger partial charge in [-0.1, -0.05) is 36.4 Å². The maximum atomic E-state index is 13.3. The predicted molar refractivity (Wildman–Crippen MR) is 111 cm³/mol. The van der Waals surface area contributed by atoms with Gasteiger partial charge in [-0.3, -0.25) is 9.59 Å². The Morgan fingerprint density at radius 1 is 1.10 bits per heavy atom. The lowest BCUT2D eigenvalue weighted by atomic mass is 10.0. The SMILES string of the molecule is COc1ccc([C@H]2/C=C\CN(C(=O)C3CC3)CC(=O)N2Cc2ccc(F)cc2)cc1. The summed E-state index contributed by atoms with van der Waals surface area (Å²) in [6.07, 6.45) is 5.73. The molecule has 0 spiro atoms. The molecule has 1 heterocycles. The Kier molecular flexibility index (Phi) is 5.84. The zero-order valence-corrected chi connectivity index (χ0v) is 17.0. The number of ether oxygens (including phenoxy) is 1. The molecule has 1 saturated carbocycles. The van der Waals surface area contributed by atoms with Crippen LogP contribution in [0.1, 0.15) is 30.0 Å². The Balaban J connectivity index is 1.65. The quantitative estimate of drug-likeness (QED) is 0.709. The summed E-state index contributed by atoms with van der Waals surface area (Å²) in [5.41, 5.74) is 1.78. The highest BCUT2D eigenvalue weighted by Crippen LogP contribution is 2.32. The van der Waals surface area contributed by atoms with Crippen LogP contribution in [-0.4, -0.2) is 41.8 Å². The van der Waals surface area contributed by atoms with E-state index in [0.29, 0.717) is 13.1 Å². The zero-order chi connectivity index (χ0) is 21.1. The fraction of sp³-hybridized carbons (Fsp3) is 0.333. The first-order valence-corrected chi connectivity index (χ1v) is 10.2. The Morgan fingerprint density at radius 3 is 2.43 bits per heavy atom. The maximum absolute atomic E-state index is 13.3. The van der Waals surface area contributed by atoms with Crippen LogP contribution in [0.5, 0.6) is 5.75 Å². The number of rotatable bonds is 5. The second-order valence-corrected chi connectivity index (χ2v) is 7.79. The number of hydrogen-bond donors (Lipinski definition) is 0. The van der Waals surface area contributed by atoms with E-state index in [9.17, 15) is 14.0 Å². The Labute approximate surface area is 175 Å². The standard InChI is InChI=1S/C24H25FN2O3/c1-30-21-12-8-18(9-13-21)22-3-2-14-26(24(29)19-6-7-19)16-23(28)27(22)15-17-4-10-20(25)11-5-17/h2-5,8-13,19,22H,6-7,14-16H2,1H3/b3-2-/t22-/m1/s1. The number of nitrogens with zero attached hydrogens (tertiary/aromatic N) is 2. The van der Waals surface area contributed by atoms with Gasteiger partial charge in [0.05, 0.1) is 13.2 Å². The first-order valence-electron chi connectivity index (χ1n) is 10.2. The third-order valence-electron chi connectivity index (χ3n) is 5.59. The number of benzene rings is 2. The Morgan fingerprint density at radius 2 is 1.80 bits per heavy atom. The minimum absolute atomic E-state index is 0.0491. The van der Waals surface area contributed by atoms with E-state index in [1.54, 1.807) is 29.0 Å². The van der Waals surface area contributed by atoms with Crippen molar-refractivity contribution in [1.82, 2.24) is 9.80 Å². The van der Waals surface area contributed by atoms with Crippen molar-refractivity contribution >= 4 is 11.8 Å². The van der Waals surface area contributed by atoms with Crippen LogP contribution in [0.4, 0.5) is 4.39 Å². The molecule has 6 heteroatoms. The summed E-state index contributed by atoms with van der Waals surface area (Å²) >= 11 is 0. The molecule has 0 aromatic heterocycles. The van der Waals surface area contributed by atoms with Gasteiger partial charge in [-0.2, -0.15) is 0 Å². The van der Waals surface area contributed by atoms with Crippen molar-refractivity contribution in [2.24, 2.45) is 5.92 Å². The van der Waals surface area contributed by atoms with Gasteiger partial charge in [-0.25, -0.2) is 4.39 Å². The average molecular weight is 408 g/mol. The van der Waals surface area contributed by atoms with Gasteiger partial charge < -0.3 is 14.5 Å². The second-order valence-electron chi connectivity index (χ2n) is 7.79. The summed E-state index contributed by atoms with van der Waals surface area (Å²) in [5, 5.41) is 0. The molecule has 0 radical (unpaired) electrons. The highest BCUT2D eigenvalue weighted by atomic mass is 19.1. The van der Waals surface area contributed by atoms with Gasteiger partial charge in [0, 0.05) is 19.0 Å². The average Bonchev–Trinajstić information content (AvgIpc) is 3.60. The molecule has 0 unspecified atom stereocenters. The van der Waals surface area contributed by atoms with Crippen molar-refractivity contribution in [1.29, 1.82) is 0 Å². The van der Waals surface area contributed by atoms with E-state index in [1.807, 2.05) is 36.4 Å². The Bertz CT molecular complexity index is 936. The molecule has 2 aromatic rings. The lowest BCUT2D eigenvalue weighted by Crippen LogP contribution is -2.45. The molecule has 1 aliphatic carbocycles. The van der Waals surface area contributed by atoms with Crippen molar-refractivity contribution in [2.45, 2.75) is 25.4 Å². The zero-order valence-electron chi connectivity index (χ0n) is 17.0. The molecule has 1 atom stereocenters. The summed E-state index contributed by atoms with van der Waals surface area (Å²) in [4.78, 5) is 29.2. The Hall–Kier alpha value is -3.15. The van der Waals surface area contributed by atoms with E-state index >= 15 is 0 Å². The van der Waals surface area contributed by atoms with Crippen LogP contribution in [0, 0.1) is 11.7 Å². The van der Waals surface area contributed by atoms with Crippen molar-refractivity contribution < 1.29 is 18.7 Å². The third-order valence-corrected chi connectivity index (χ3v) is 5.59. The molecule has 156 valence electrons. The van der Waals surface area contributed by atoms with Crippen LogP contribution in [0.15, 0.2) is 60.7 Å². The molecule has 0 bridgehead atoms. The van der Waals surface area contributed by atoms with Gasteiger partial charge >= 0.3 is 0 Å². The van der Waals surface area contributed by atoms with Gasteiger partial charge in [0.15, 0.2) is 0 Å². The molecule has 30 heavy (non-hydrogen) atoms. The highest BCUT2D eigenvalue weighted by Gasteiger charge is 2.35. The topological polar surface area (TPSA) is 49.9 Å². The third kappa shape index (κ3) is 4.53. The molecule has 5 nitrogen and oxygen atoms in total. The summed E-state index contributed by atoms with van der Waals surface area (Å²) in [6, 6.07) is 13.5. The molecule has 2 aromatic carbocycles. The molecule has 4 rings (SSSR count). The number of carbonyl (C=O) groups is 2.